The van der Waals surface area contributed by atoms with Gasteiger partial charge in [-0.05, 0) is 19.8 Å². The van der Waals surface area contributed by atoms with Crippen molar-refractivity contribution in [2.45, 2.75) is 19.8 Å². The molecule has 0 aromatic carbocycles. The number of anilines is 3. The van der Waals surface area contributed by atoms with Gasteiger partial charge in [-0.2, -0.15) is 15.0 Å². The number of hydrazine groups is 1. The zero-order valence-corrected chi connectivity index (χ0v) is 11.3. The molecule has 2 rings (SSSR count). The zero-order valence-electron chi connectivity index (χ0n) is 11.3. The van der Waals surface area contributed by atoms with Crippen LogP contribution in [-0.2, 0) is 0 Å². The lowest BCUT2D eigenvalue weighted by molar-refractivity contribution is 0.488. The molecule has 0 atom stereocenters. The molecule has 100 valence electrons. The molecule has 1 fully saturated rings. The van der Waals surface area contributed by atoms with E-state index in [9.17, 15) is 0 Å². The Bertz CT molecular complexity index is 387. The van der Waals surface area contributed by atoms with Gasteiger partial charge in [-0.3, -0.25) is 5.43 Å². The highest BCUT2D eigenvalue weighted by Crippen LogP contribution is 2.18. The predicted octanol–water partition coefficient (Wildman–Crippen LogP) is 0.792. The van der Waals surface area contributed by atoms with Crippen molar-refractivity contribution in [3.63, 3.8) is 0 Å². The maximum atomic E-state index is 4.45. The quantitative estimate of drug-likeness (QED) is 0.750. The maximum Gasteiger partial charge on any atom is 0.244 e. The van der Waals surface area contributed by atoms with Crippen molar-refractivity contribution in [1.82, 2.24) is 20.0 Å². The van der Waals surface area contributed by atoms with E-state index in [-0.39, 0.29) is 0 Å². The van der Waals surface area contributed by atoms with E-state index in [1.165, 1.54) is 12.8 Å². The number of aromatic nitrogens is 3. The van der Waals surface area contributed by atoms with E-state index < -0.39 is 0 Å². The summed E-state index contributed by atoms with van der Waals surface area (Å²) >= 11 is 0. The summed E-state index contributed by atoms with van der Waals surface area (Å²) in [6, 6.07) is 0. The molecular formula is C11H21N7. The topological polar surface area (TPSA) is 69.2 Å². The van der Waals surface area contributed by atoms with Gasteiger partial charge in [0.15, 0.2) is 0 Å². The third-order valence-electron chi connectivity index (χ3n) is 2.67. The average molecular weight is 251 g/mol. The molecule has 0 aliphatic carbocycles. The van der Waals surface area contributed by atoms with Gasteiger partial charge >= 0.3 is 0 Å². The number of hydrogen-bond donors (Lipinski definition) is 2. The van der Waals surface area contributed by atoms with Crippen molar-refractivity contribution in [2.24, 2.45) is 0 Å². The largest absolute Gasteiger partial charge is 0.354 e. The molecule has 0 amide bonds. The molecule has 7 nitrogen and oxygen atoms in total. The summed E-state index contributed by atoms with van der Waals surface area (Å²) in [5, 5.41) is 4.96. The highest BCUT2D eigenvalue weighted by atomic mass is 15.5. The van der Waals surface area contributed by atoms with E-state index in [0.29, 0.717) is 11.9 Å². The van der Waals surface area contributed by atoms with E-state index in [4.69, 9.17) is 0 Å². The monoisotopic (exact) mass is 251 g/mol. The van der Waals surface area contributed by atoms with Crippen LogP contribution in [-0.4, -0.2) is 53.7 Å². The third kappa shape index (κ3) is 3.19. The SMILES string of the molecule is CCNc1nc(NN(C)C)nc(N2CCCC2)n1. The Kier molecular flexibility index (Phi) is 4.14. The van der Waals surface area contributed by atoms with Crippen LogP contribution in [0, 0.1) is 0 Å². The second-order valence-electron chi connectivity index (χ2n) is 4.51. The lowest BCUT2D eigenvalue weighted by atomic mass is 10.4. The van der Waals surface area contributed by atoms with Crippen LogP contribution >= 0.6 is 0 Å². The van der Waals surface area contributed by atoms with Crippen LogP contribution in [0.1, 0.15) is 19.8 Å². The molecule has 1 aromatic rings. The van der Waals surface area contributed by atoms with Gasteiger partial charge in [-0.25, -0.2) is 5.01 Å². The zero-order chi connectivity index (χ0) is 13.0. The van der Waals surface area contributed by atoms with Crippen LogP contribution in [0.15, 0.2) is 0 Å². The van der Waals surface area contributed by atoms with E-state index in [0.717, 1.165) is 25.6 Å². The Labute approximate surface area is 108 Å². The molecule has 1 aliphatic heterocycles. The van der Waals surface area contributed by atoms with Gasteiger partial charge in [0.2, 0.25) is 17.8 Å². The van der Waals surface area contributed by atoms with E-state index in [1.807, 2.05) is 26.0 Å². The van der Waals surface area contributed by atoms with Gasteiger partial charge in [0, 0.05) is 33.7 Å². The minimum Gasteiger partial charge on any atom is -0.354 e. The van der Waals surface area contributed by atoms with Crippen LogP contribution in [0.5, 0.6) is 0 Å². The Balaban J connectivity index is 2.23. The van der Waals surface area contributed by atoms with Gasteiger partial charge in [-0.15, -0.1) is 0 Å². The maximum absolute atomic E-state index is 4.45. The first-order chi connectivity index (χ1) is 8.69. The summed E-state index contributed by atoms with van der Waals surface area (Å²) in [5.41, 5.74) is 3.07. The summed E-state index contributed by atoms with van der Waals surface area (Å²) in [6.45, 7) is 4.87. The van der Waals surface area contributed by atoms with Crippen molar-refractivity contribution in [3.8, 4) is 0 Å². The first kappa shape index (κ1) is 12.8. The van der Waals surface area contributed by atoms with Crippen LogP contribution < -0.4 is 15.6 Å². The van der Waals surface area contributed by atoms with Crippen LogP contribution in [0.25, 0.3) is 0 Å². The highest BCUT2D eigenvalue weighted by molar-refractivity contribution is 5.43. The second-order valence-corrected chi connectivity index (χ2v) is 4.51. The molecule has 0 unspecified atom stereocenters. The number of nitrogens with one attached hydrogen (secondary N) is 2. The number of nitrogens with zero attached hydrogens (tertiary/aromatic N) is 5. The van der Waals surface area contributed by atoms with Crippen molar-refractivity contribution in [3.05, 3.63) is 0 Å². The average Bonchev–Trinajstić information content (AvgIpc) is 2.81. The molecule has 0 spiro atoms. The van der Waals surface area contributed by atoms with Crippen LogP contribution in [0.3, 0.4) is 0 Å². The fourth-order valence-electron chi connectivity index (χ4n) is 1.91. The molecule has 0 saturated carbocycles. The summed E-state index contributed by atoms with van der Waals surface area (Å²) in [7, 11) is 3.82. The molecule has 0 bridgehead atoms. The minimum absolute atomic E-state index is 0.577. The summed E-state index contributed by atoms with van der Waals surface area (Å²) in [5.74, 6) is 1.95. The molecule has 7 heteroatoms. The van der Waals surface area contributed by atoms with Crippen molar-refractivity contribution >= 4 is 17.8 Å². The van der Waals surface area contributed by atoms with Gasteiger partial charge in [-0.1, -0.05) is 0 Å². The minimum atomic E-state index is 0.577. The standard InChI is InChI=1S/C11H21N7/c1-4-12-9-13-10(16-17(2)3)15-11(14-9)18-7-5-6-8-18/h4-8H2,1-3H3,(H2,12,13,14,15,16). The third-order valence-corrected chi connectivity index (χ3v) is 2.67. The Morgan fingerprint density at radius 3 is 2.39 bits per heavy atom. The molecule has 0 radical (unpaired) electrons. The van der Waals surface area contributed by atoms with Crippen molar-refractivity contribution < 1.29 is 0 Å². The first-order valence-electron chi connectivity index (χ1n) is 6.38. The number of rotatable bonds is 5. The summed E-state index contributed by atoms with van der Waals surface area (Å²) in [6.07, 6.45) is 2.41. The van der Waals surface area contributed by atoms with E-state index >= 15 is 0 Å². The molecule has 2 N–H and O–H groups in total. The van der Waals surface area contributed by atoms with Gasteiger partial charge in [0.25, 0.3) is 0 Å². The van der Waals surface area contributed by atoms with Gasteiger partial charge in [0.1, 0.15) is 0 Å². The molecular weight excluding hydrogens is 230 g/mol. The Morgan fingerprint density at radius 2 is 1.78 bits per heavy atom. The molecule has 1 saturated heterocycles. The predicted molar refractivity (Wildman–Crippen MR) is 72.7 cm³/mol. The Morgan fingerprint density at radius 1 is 1.11 bits per heavy atom. The van der Waals surface area contributed by atoms with Crippen LogP contribution in [0.4, 0.5) is 17.8 Å². The summed E-state index contributed by atoms with van der Waals surface area (Å²) < 4.78 is 0. The van der Waals surface area contributed by atoms with Crippen molar-refractivity contribution in [1.29, 1.82) is 0 Å². The first-order valence-corrected chi connectivity index (χ1v) is 6.38. The smallest absolute Gasteiger partial charge is 0.244 e. The lowest BCUT2D eigenvalue weighted by Gasteiger charge is -2.18. The van der Waals surface area contributed by atoms with Crippen LogP contribution in [0.2, 0.25) is 0 Å². The molecule has 1 aromatic heterocycles. The molecule has 18 heavy (non-hydrogen) atoms. The lowest BCUT2D eigenvalue weighted by Crippen LogP contribution is -2.25. The second kappa shape index (κ2) is 5.81. The van der Waals surface area contributed by atoms with Gasteiger partial charge in [0.05, 0.1) is 0 Å². The van der Waals surface area contributed by atoms with E-state index in [2.05, 4.69) is 30.6 Å². The van der Waals surface area contributed by atoms with Crippen molar-refractivity contribution in [2.75, 3.05) is 49.4 Å². The fourth-order valence-corrected chi connectivity index (χ4v) is 1.91. The van der Waals surface area contributed by atoms with Gasteiger partial charge < -0.3 is 10.2 Å². The Hall–Kier alpha value is -1.63. The number of hydrogen-bond acceptors (Lipinski definition) is 7. The molecule has 2 heterocycles. The summed E-state index contributed by atoms with van der Waals surface area (Å²) in [4.78, 5) is 15.4. The normalized spacial score (nSPS) is 15.2. The van der Waals surface area contributed by atoms with E-state index in [1.54, 1.807) is 0 Å². The molecule has 1 aliphatic rings. The fraction of sp³-hybridized carbons (Fsp3) is 0.727. The highest BCUT2D eigenvalue weighted by Gasteiger charge is 2.17.